The SMILES string of the molecule is CCCCc1cc(OC2CCN(C[C@H]3CC[C@H](C(=O)N4CCCC4)CC3)CC2)c2ncccc2c1. The number of aromatic nitrogens is 1. The van der Waals surface area contributed by atoms with Crippen molar-refractivity contribution < 1.29 is 9.53 Å². The van der Waals surface area contributed by atoms with E-state index < -0.39 is 0 Å². The number of fused-ring (bicyclic) bond motifs is 1. The summed E-state index contributed by atoms with van der Waals surface area (Å²) in [4.78, 5) is 22.1. The van der Waals surface area contributed by atoms with E-state index in [0.29, 0.717) is 11.8 Å². The molecule has 2 aromatic rings. The van der Waals surface area contributed by atoms with Crippen LogP contribution in [-0.2, 0) is 11.2 Å². The Hall–Kier alpha value is -2.14. The quantitative estimate of drug-likeness (QED) is 0.478. The zero-order chi connectivity index (χ0) is 24.0. The highest BCUT2D eigenvalue weighted by atomic mass is 16.5. The molecule has 2 saturated heterocycles. The highest BCUT2D eigenvalue weighted by molar-refractivity contribution is 5.85. The number of nitrogens with zero attached hydrogens (tertiary/aromatic N) is 3. The number of hydrogen-bond donors (Lipinski definition) is 0. The van der Waals surface area contributed by atoms with Gasteiger partial charge in [-0.05, 0) is 93.9 Å². The molecule has 3 heterocycles. The number of hydrogen-bond acceptors (Lipinski definition) is 4. The highest BCUT2D eigenvalue weighted by Gasteiger charge is 2.32. The highest BCUT2D eigenvalue weighted by Crippen LogP contribution is 2.33. The normalized spacial score (nSPS) is 24.2. The molecule has 5 rings (SSSR count). The van der Waals surface area contributed by atoms with Crippen molar-refractivity contribution >= 4 is 16.8 Å². The minimum Gasteiger partial charge on any atom is -0.488 e. The third kappa shape index (κ3) is 6.17. The smallest absolute Gasteiger partial charge is 0.225 e. The van der Waals surface area contributed by atoms with Gasteiger partial charge in [0, 0.05) is 50.2 Å². The van der Waals surface area contributed by atoms with Crippen molar-refractivity contribution in [2.75, 3.05) is 32.7 Å². The first kappa shape index (κ1) is 24.5. The van der Waals surface area contributed by atoms with Crippen LogP contribution < -0.4 is 4.74 Å². The first-order valence-corrected chi connectivity index (χ1v) is 14.2. The van der Waals surface area contributed by atoms with Gasteiger partial charge in [-0.2, -0.15) is 0 Å². The van der Waals surface area contributed by atoms with Crippen LogP contribution in [-0.4, -0.2) is 59.5 Å². The van der Waals surface area contributed by atoms with Crippen LogP contribution in [0.4, 0.5) is 0 Å². The van der Waals surface area contributed by atoms with Crippen molar-refractivity contribution in [3.8, 4) is 5.75 Å². The van der Waals surface area contributed by atoms with E-state index in [1.807, 2.05) is 12.3 Å². The zero-order valence-corrected chi connectivity index (χ0v) is 21.6. The van der Waals surface area contributed by atoms with Gasteiger partial charge in [0.05, 0.1) is 0 Å². The average molecular weight is 478 g/mol. The Kier molecular flexibility index (Phi) is 8.23. The predicted octanol–water partition coefficient (Wildman–Crippen LogP) is 5.85. The maximum absolute atomic E-state index is 12.7. The molecule has 3 fully saturated rings. The minimum atomic E-state index is 0.270. The Morgan fingerprint density at radius 1 is 1.03 bits per heavy atom. The van der Waals surface area contributed by atoms with E-state index in [2.05, 4.69) is 39.9 Å². The molecule has 35 heavy (non-hydrogen) atoms. The van der Waals surface area contributed by atoms with Crippen LogP contribution >= 0.6 is 0 Å². The second-order valence-corrected chi connectivity index (χ2v) is 11.1. The largest absolute Gasteiger partial charge is 0.488 e. The number of carbonyl (C=O) groups excluding carboxylic acids is 1. The molecular weight excluding hydrogens is 434 g/mol. The fourth-order valence-electron chi connectivity index (χ4n) is 6.38. The monoisotopic (exact) mass is 477 g/mol. The predicted molar refractivity (Wildman–Crippen MR) is 142 cm³/mol. The number of aryl methyl sites for hydroxylation is 1. The van der Waals surface area contributed by atoms with Gasteiger partial charge in [-0.1, -0.05) is 19.4 Å². The van der Waals surface area contributed by atoms with Gasteiger partial charge in [0.25, 0.3) is 0 Å². The fourth-order valence-corrected chi connectivity index (χ4v) is 6.38. The van der Waals surface area contributed by atoms with Crippen LogP contribution in [0, 0.1) is 11.8 Å². The second kappa shape index (κ2) is 11.7. The van der Waals surface area contributed by atoms with Crippen molar-refractivity contribution in [3.63, 3.8) is 0 Å². The van der Waals surface area contributed by atoms with Gasteiger partial charge in [0.15, 0.2) is 0 Å². The molecule has 2 aliphatic heterocycles. The molecule has 1 saturated carbocycles. The van der Waals surface area contributed by atoms with Gasteiger partial charge in [0.1, 0.15) is 17.4 Å². The van der Waals surface area contributed by atoms with E-state index in [1.165, 1.54) is 56.0 Å². The van der Waals surface area contributed by atoms with E-state index in [0.717, 1.165) is 75.5 Å². The maximum atomic E-state index is 12.7. The average Bonchev–Trinajstić information content (AvgIpc) is 3.44. The Morgan fingerprint density at radius 2 is 1.80 bits per heavy atom. The molecule has 190 valence electrons. The molecule has 5 nitrogen and oxygen atoms in total. The van der Waals surface area contributed by atoms with Crippen molar-refractivity contribution in [2.24, 2.45) is 11.8 Å². The van der Waals surface area contributed by atoms with Gasteiger partial charge in [-0.25, -0.2) is 0 Å². The lowest BCUT2D eigenvalue weighted by Crippen LogP contribution is -2.42. The Bertz CT molecular complexity index is 971. The molecule has 0 unspecified atom stereocenters. The summed E-state index contributed by atoms with van der Waals surface area (Å²) < 4.78 is 6.59. The third-order valence-electron chi connectivity index (χ3n) is 8.51. The van der Waals surface area contributed by atoms with Gasteiger partial charge in [-0.15, -0.1) is 0 Å². The van der Waals surface area contributed by atoms with Crippen LogP contribution in [0.1, 0.15) is 76.7 Å². The Balaban J connectivity index is 1.10. The van der Waals surface area contributed by atoms with Crippen LogP contribution in [0.5, 0.6) is 5.75 Å². The fraction of sp³-hybridized carbons (Fsp3) is 0.667. The standard InChI is InChI=1S/C30H43N3O2/c1-2-3-7-24-20-26-8-6-15-31-29(26)28(21-24)35-27-13-18-32(19-14-27)22-23-9-11-25(12-10-23)30(34)33-16-4-5-17-33/h6,8,15,20-21,23,25,27H,2-5,7,9-14,16-19,22H2,1H3/t23-,25-. The Labute approximate surface area is 211 Å². The summed E-state index contributed by atoms with van der Waals surface area (Å²) in [6.45, 7) is 7.63. The van der Waals surface area contributed by atoms with E-state index in [-0.39, 0.29) is 6.10 Å². The van der Waals surface area contributed by atoms with Crippen molar-refractivity contribution in [2.45, 2.75) is 83.7 Å². The van der Waals surface area contributed by atoms with Gasteiger partial charge >= 0.3 is 0 Å². The molecule has 1 aromatic heterocycles. The Morgan fingerprint density at radius 3 is 2.54 bits per heavy atom. The number of amides is 1. The van der Waals surface area contributed by atoms with Gasteiger partial charge in [0.2, 0.25) is 5.91 Å². The maximum Gasteiger partial charge on any atom is 0.225 e. The lowest BCUT2D eigenvalue weighted by Gasteiger charge is -2.37. The number of likely N-dealkylation sites (tertiary alicyclic amines) is 2. The first-order chi connectivity index (χ1) is 17.2. The van der Waals surface area contributed by atoms with Crippen molar-refractivity contribution in [3.05, 3.63) is 36.0 Å². The minimum absolute atomic E-state index is 0.270. The summed E-state index contributed by atoms with van der Waals surface area (Å²) in [5.74, 6) is 2.45. The lowest BCUT2D eigenvalue weighted by atomic mass is 9.81. The molecule has 0 atom stereocenters. The van der Waals surface area contributed by atoms with E-state index in [1.54, 1.807) is 0 Å². The number of rotatable bonds is 8. The van der Waals surface area contributed by atoms with Gasteiger partial charge < -0.3 is 14.5 Å². The number of carbonyl (C=O) groups is 1. The second-order valence-electron chi connectivity index (χ2n) is 11.1. The number of unbranched alkanes of at least 4 members (excludes halogenated alkanes) is 1. The number of ether oxygens (including phenoxy) is 1. The van der Waals surface area contributed by atoms with Crippen molar-refractivity contribution in [1.82, 2.24) is 14.8 Å². The molecule has 0 radical (unpaired) electrons. The molecule has 3 aliphatic rings. The van der Waals surface area contributed by atoms with Gasteiger partial charge in [-0.3, -0.25) is 9.78 Å². The molecular formula is C30H43N3O2. The molecule has 5 heteroatoms. The van der Waals surface area contributed by atoms with Crippen molar-refractivity contribution in [1.29, 1.82) is 0 Å². The van der Waals surface area contributed by atoms with Crippen LogP contribution in [0.2, 0.25) is 0 Å². The van der Waals surface area contributed by atoms with E-state index in [4.69, 9.17) is 4.74 Å². The topological polar surface area (TPSA) is 45.7 Å². The summed E-state index contributed by atoms with van der Waals surface area (Å²) in [5.41, 5.74) is 2.36. The number of pyridine rings is 1. The molecule has 0 bridgehead atoms. The van der Waals surface area contributed by atoms with Crippen LogP contribution in [0.3, 0.4) is 0 Å². The van der Waals surface area contributed by atoms with E-state index in [9.17, 15) is 4.79 Å². The third-order valence-corrected chi connectivity index (χ3v) is 8.51. The van der Waals surface area contributed by atoms with Crippen LogP contribution in [0.15, 0.2) is 30.5 Å². The summed E-state index contributed by atoms with van der Waals surface area (Å²) in [5, 5.41) is 1.19. The summed E-state index contributed by atoms with van der Waals surface area (Å²) in [6, 6.07) is 8.69. The molecule has 0 spiro atoms. The molecule has 1 aromatic carbocycles. The summed E-state index contributed by atoms with van der Waals surface area (Å²) in [7, 11) is 0. The first-order valence-electron chi connectivity index (χ1n) is 14.2. The number of piperidine rings is 1. The van der Waals surface area contributed by atoms with Crippen LogP contribution in [0.25, 0.3) is 10.9 Å². The molecule has 0 N–H and O–H groups in total. The van der Waals surface area contributed by atoms with E-state index >= 15 is 0 Å². The summed E-state index contributed by atoms with van der Waals surface area (Å²) >= 11 is 0. The number of benzene rings is 1. The molecule has 1 amide bonds. The summed E-state index contributed by atoms with van der Waals surface area (Å²) in [6.07, 6.45) is 14.8. The zero-order valence-electron chi connectivity index (χ0n) is 21.6. The molecule has 1 aliphatic carbocycles. The lowest BCUT2D eigenvalue weighted by molar-refractivity contribution is -0.135.